The van der Waals surface area contributed by atoms with Crippen molar-refractivity contribution in [1.82, 2.24) is 29.5 Å². The van der Waals surface area contributed by atoms with E-state index in [2.05, 4.69) is 15.0 Å². The van der Waals surface area contributed by atoms with Gasteiger partial charge in [0.05, 0.1) is 22.8 Å². The molecular weight excluding hydrogens is 656 g/mol. The number of benzene rings is 4. The summed E-state index contributed by atoms with van der Waals surface area (Å²) in [5.74, 6) is 5.51. The molecule has 0 N–H and O–H groups in total. The molecule has 5 heterocycles. The van der Waals surface area contributed by atoms with Crippen LogP contribution in [0.4, 0.5) is 0 Å². The first-order valence-electron chi connectivity index (χ1n) is 16.3. The minimum absolute atomic E-state index is 0.434. The molecule has 11 nitrogen and oxygen atoms in total. The van der Waals surface area contributed by atoms with Crippen molar-refractivity contribution >= 4 is 21.8 Å². The van der Waals surface area contributed by atoms with Gasteiger partial charge in [0.1, 0.15) is 40.8 Å². The van der Waals surface area contributed by atoms with E-state index in [0.29, 0.717) is 63.7 Å². The largest absolute Gasteiger partial charge is 0.457 e. The Labute approximate surface area is 296 Å². The van der Waals surface area contributed by atoms with Gasteiger partial charge in [-0.15, -0.1) is 0 Å². The second-order valence-corrected chi connectivity index (χ2v) is 11.5. The van der Waals surface area contributed by atoms with Crippen LogP contribution in [-0.2, 0) is 0 Å². The number of nitrogens with zero attached hydrogens (tertiary/aromatic N) is 6. The third kappa shape index (κ3) is 6.32. The first kappa shape index (κ1) is 30.5. The van der Waals surface area contributed by atoms with Gasteiger partial charge in [-0.3, -0.25) is 4.57 Å². The smallest absolute Gasteiger partial charge is 0.234 e. The predicted molar refractivity (Wildman–Crippen MR) is 194 cm³/mol. The molecule has 52 heavy (non-hydrogen) atoms. The van der Waals surface area contributed by atoms with Crippen LogP contribution in [0.1, 0.15) is 0 Å². The number of fused-ring (bicyclic) bond motifs is 3. The summed E-state index contributed by atoms with van der Waals surface area (Å²) in [5.41, 5.74) is 2.32. The molecule has 0 spiro atoms. The second-order valence-electron chi connectivity index (χ2n) is 11.5. The molecule has 11 heteroatoms. The molecule has 0 radical (unpaired) electrons. The zero-order valence-electron chi connectivity index (χ0n) is 27.2. The first-order chi connectivity index (χ1) is 25.7. The molecule has 0 bridgehead atoms. The Hall–Kier alpha value is -7.53. The SMILES string of the molecule is c1ccc(Oc2cccc(Oc3ccc4c5ccc(Oc6cccc(Oc7ccccn7)c6)cc5n(-c5ncc(-c6ncco6)cn5)c4c3)c2)nc1. The van der Waals surface area contributed by atoms with Crippen molar-refractivity contribution in [2.45, 2.75) is 0 Å². The number of ether oxygens (including phenoxy) is 4. The molecule has 250 valence electrons. The maximum atomic E-state index is 6.36. The van der Waals surface area contributed by atoms with Gasteiger partial charge in [0.15, 0.2) is 0 Å². The maximum absolute atomic E-state index is 6.36. The van der Waals surface area contributed by atoms with Crippen molar-refractivity contribution in [3.63, 3.8) is 0 Å². The van der Waals surface area contributed by atoms with E-state index in [4.69, 9.17) is 33.3 Å². The van der Waals surface area contributed by atoms with Gasteiger partial charge in [0.2, 0.25) is 23.6 Å². The molecule has 9 aromatic rings. The summed E-state index contributed by atoms with van der Waals surface area (Å²) in [5, 5.41) is 1.96. The lowest BCUT2D eigenvalue weighted by molar-refractivity contribution is 0.448. The van der Waals surface area contributed by atoms with Gasteiger partial charge in [-0.05, 0) is 60.7 Å². The third-order valence-corrected chi connectivity index (χ3v) is 8.03. The van der Waals surface area contributed by atoms with Gasteiger partial charge in [0, 0.05) is 72.0 Å². The number of hydrogen-bond acceptors (Lipinski definition) is 10. The van der Waals surface area contributed by atoms with E-state index in [-0.39, 0.29) is 0 Å². The average molecular weight is 683 g/mol. The van der Waals surface area contributed by atoms with Crippen LogP contribution in [0.25, 0.3) is 39.2 Å². The van der Waals surface area contributed by atoms with Crippen LogP contribution in [0.5, 0.6) is 46.3 Å². The molecule has 0 amide bonds. The van der Waals surface area contributed by atoms with Crippen LogP contribution < -0.4 is 18.9 Å². The van der Waals surface area contributed by atoms with E-state index >= 15 is 0 Å². The van der Waals surface area contributed by atoms with E-state index in [1.165, 1.54) is 6.26 Å². The summed E-state index contributed by atoms with van der Waals surface area (Å²) in [6.45, 7) is 0. The second kappa shape index (κ2) is 13.4. The minimum Gasteiger partial charge on any atom is -0.457 e. The molecule has 5 aromatic heterocycles. The summed E-state index contributed by atoms with van der Waals surface area (Å²) >= 11 is 0. The summed E-state index contributed by atoms with van der Waals surface area (Å²) in [6.07, 6.45) is 9.84. The fraction of sp³-hybridized carbons (Fsp3) is 0. The highest BCUT2D eigenvalue weighted by Crippen LogP contribution is 2.38. The van der Waals surface area contributed by atoms with Crippen molar-refractivity contribution in [1.29, 1.82) is 0 Å². The van der Waals surface area contributed by atoms with Crippen LogP contribution >= 0.6 is 0 Å². The third-order valence-electron chi connectivity index (χ3n) is 8.03. The Morgan fingerprint density at radius 1 is 0.442 bits per heavy atom. The highest BCUT2D eigenvalue weighted by atomic mass is 16.5. The van der Waals surface area contributed by atoms with Gasteiger partial charge >= 0.3 is 0 Å². The Kier molecular flexibility index (Phi) is 7.87. The highest BCUT2D eigenvalue weighted by Gasteiger charge is 2.17. The quantitative estimate of drug-likeness (QED) is 0.138. The van der Waals surface area contributed by atoms with E-state index < -0.39 is 0 Å². The normalized spacial score (nSPS) is 11.1. The maximum Gasteiger partial charge on any atom is 0.234 e. The van der Waals surface area contributed by atoms with Crippen molar-refractivity contribution in [2.75, 3.05) is 0 Å². The highest BCUT2D eigenvalue weighted by molar-refractivity contribution is 6.09. The first-order valence-corrected chi connectivity index (χ1v) is 16.3. The molecule has 9 rings (SSSR count). The number of aromatic nitrogens is 6. The zero-order chi connectivity index (χ0) is 34.7. The topological polar surface area (TPSA) is 119 Å². The minimum atomic E-state index is 0.434. The van der Waals surface area contributed by atoms with Crippen molar-refractivity contribution in [2.24, 2.45) is 0 Å². The average Bonchev–Trinajstić information content (AvgIpc) is 3.83. The lowest BCUT2D eigenvalue weighted by Crippen LogP contribution is -2.01. The molecule has 0 saturated heterocycles. The lowest BCUT2D eigenvalue weighted by atomic mass is 10.1. The molecule has 0 saturated carbocycles. The number of oxazole rings is 1. The molecule has 0 aliphatic carbocycles. The van der Waals surface area contributed by atoms with Crippen LogP contribution in [-0.4, -0.2) is 29.5 Å². The summed E-state index contributed by atoms with van der Waals surface area (Å²) in [4.78, 5) is 22.2. The Morgan fingerprint density at radius 3 is 1.44 bits per heavy atom. The van der Waals surface area contributed by atoms with Crippen molar-refractivity contribution in [3.8, 4) is 63.7 Å². The van der Waals surface area contributed by atoms with E-state index in [1.54, 1.807) is 43.1 Å². The lowest BCUT2D eigenvalue weighted by Gasteiger charge is -2.11. The predicted octanol–water partition coefficient (Wildman–Crippen LogP) is 10.2. The van der Waals surface area contributed by atoms with Gasteiger partial charge < -0.3 is 23.4 Å². The monoisotopic (exact) mass is 682 g/mol. The summed E-state index contributed by atoms with van der Waals surface area (Å²) in [7, 11) is 0. The van der Waals surface area contributed by atoms with Gasteiger partial charge in [-0.25, -0.2) is 24.9 Å². The molecule has 0 unspecified atom stereocenters. The van der Waals surface area contributed by atoms with E-state index in [0.717, 1.165) is 21.8 Å². The summed E-state index contributed by atoms with van der Waals surface area (Å²) < 4.78 is 32.0. The molecule has 0 fully saturated rings. The molecule has 0 aliphatic rings. The van der Waals surface area contributed by atoms with Gasteiger partial charge in [0.25, 0.3) is 0 Å². The molecule has 4 aromatic carbocycles. The summed E-state index contributed by atoms with van der Waals surface area (Å²) in [6, 6.07) is 37.7. The Morgan fingerprint density at radius 2 is 0.962 bits per heavy atom. The van der Waals surface area contributed by atoms with Crippen LogP contribution in [0, 0.1) is 0 Å². The Bertz CT molecular complexity index is 2490. The number of rotatable bonds is 10. The fourth-order valence-electron chi connectivity index (χ4n) is 5.76. The standard InChI is InChI=1S/C41H26N6O5/c1-3-17-42-38(11-1)51-30-9-5-7-28(21-30)49-32-13-15-34-35-16-14-33(50-29-8-6-10-31(22-29)52-39-12-2-4-18-43-39)24-37(35)47(36(34)23-32)41-45-25-27(26-46-41)40-44-19-20-48-40/h1-26H. The van der Waals surface area contributed by atoms with Crippen molar-refractivity contribution < 1.29 is 23.4 Å². The van der Waals surface area contributed by atoms with Crippen LogP contribution in [0.15, 0.2) is 163 Å². The van der Waals surface area contributed by atoms with Crippen LogP contribution in [0.2, 0.25) is 0 Å². The van der Waals surface area contributed by atoms with Gasteiger partial charge in [-0.2, -0.15) is 0 Å². The van der Waals surface area contributed by atoms with Crippen LogP contribution in [0.3, 0.4) is 0 Å². The number of pyridine rings is 2. The fourth-order valence-corrected chi connectivity index (χ4v) is 5.76. The zero-order valence-corrected chi connectivity index (χ0v) is 27.2. The van der Waals surface area contributed by atoms with E-state index in [9.17, 15) is 0 Å². The van der Waals surface area contributed by atoms with Crippen molar-refractivity contribution in [3.05, 3.63) is 159 Å². The number of hydrogen-bond donors (Lipinski definition) is 0. The molecule has 0 aliphatic heterocycles. The molecular formula is C41H26N6O5. The van der Waals surface area contributed by atoms with E-state index in [1.807, 2.05) is 114 Å². The van der Waals surface area contributed by atoms with Gasteiger partial charge in [-0.1, -0.05) is 24.3 Å². The molecule has 0 atom stereocenters. The Balaban J connectivity index is 1.08.